The number of ether oxygens (including phenoxy) is 1. The molecule has 1 saturated heterocycles. The van der Waals surface area contributed by atoms with Crippen LogP contribution in [-0.2, 0) is 11.8 Å². The van der Waals surface area contributed by atoms with Crippen LogP contribution in [-0.4, -0.2) is 52.5 Å². The van der Waals surface area contributed by atoms with Gasteiger partial charge in [0.25, 0.3) is 5.56 Å². The Morgan fingerprint density at radius 2 is 1.82 bits per heavy atom. The summed E-state index contributed by atoms with van der Waals surface area (Å²) in [5.74, 6) is 0.411. The summed E-state index contributed by atoms with van der Waals surface area (Å²) < 4.78 is 6.87. The van der Waals surface area contributed by atoms with Gasteiger partial charge in [-0.1, -0.05) is 42.5 Å². The monoisotopic (exact) mass is 457 g/mol. The highest BCUT2D eigenvalue weighted by atomic mass is 16.5. The highest BCUT2D eigenvalue weighted by Crippen LogP contribution is 2.27. The van der Waals surface area contributed by atoms with Crippen molar-refractivity contribution in [3.8, 4) is 11.3 Å². The SMILES string of the molecule is Cn1cnc2cc(-c3ccc(N4CCOCC4)cc3)nc(NC[C@H](O)c3ccccc3)c2c1=O. The minimum Gasteiger partial charge on any atom is -0.387 e. The van der Waals surface area contributed by atoms with Crippen LogP contribution in [0.2, 0.25) is 0 Å². The van der Waals surface area contributed by atoms with E-state index < -0.39 is 6.10 Å². The van der Waals surface area contributed by atoms with Crippen molar-refractivity contribution in [1.29, 1.82) is 0 Å². The van der Waals surface area contributed by atoms with Gasteiger partial charge in [0.15, 0.2) is 0 Å². The second-order valence-electron chi connectivity index (χ2n) is 8.36. The third-order valence-electron chi connectivity index (χ3n) is 6.09. The summed E-state index contributed by atoms with van der Waals surface area (Å²) in [7, 11) is 1.66. The lowest BCUT2D eigenvalue weighted by molar-refractivity contribution is 0.122. The van der Waals surface area contributed by atoms with E-state index in [2.05, 4.69) is 27.3 Å². The van der Waals surface area contributed by atoms with Gasteiger partial charge in [-0.3, -0.25) is 4.79 Å². The Hall–Kier alpha value is -3.75. The van der Waals surface area contributed by atoms with E-state index in [0.29, 0.717) is 22.4 Å². The number of benzene rings is 2. The van der Waals surface area contributed by atoms with Crippen molar-refractivity contribution in [3.05, 3.63) is 82.9 Å². The van der Waals surface area contributed by atoms with E-state index in [1.807, 2.05) is 48.5 Å². The molecule has 0 spiro atoms. The predicted molar refractivity (Wildman–Crippen MR) is 133 cm³/mol. The first kappa shape index (κ1) is 22.1. The zero-order valence-corrected chi connectivity index (χ0v) is 19.0. The van der Waals surface area contributed by atoms with E-state index in [4.69, 9.17) is 9.72 Å². The molecule has 34 heavy (non-hydrogen) atoms. The highest BCUT2D eigenvalue weighted by molar-refractivity contribution is 5.91. The number of rotatable bonds is 6. The summed E-state index contributed by atoms with van der Waals surface area (Å²) in [4.78, 5) is 24.4. The number of aliphatic hydroxyl groups excluding tert-OH is 1. The standard InChI is InChI=1S/C26H27N5O3/c1-30-17-28-22-15-21(18-7-9-20(10-8-18)31-11-13-34-14-12-31)29-25(24(22)26(30)33)27-16-23(32)19-5-3-2-4-6-19/h2-10,15,17,23,32H,11-14,16H2,1H3,(H,27,29)/t23-/m0/s1. The fourth-order valence-corrected chi connectivity index (χ4v) is 4.15. The van der Waals surface area contributed by atoms with Gasteiger partial charge in [0, 0.05) is 37.9 Å². The Balaban J connectivity index is 1.48. The number of fused-ring (bicyclic) bond motifs is 1. The van der Waals surface area contributed by atoms with Crippen LogP contribution in [0, 0.1) is 0 Å². The van der Waals surface area contributed by atoms with Crippen LogP contribution in [0.5, 0.6) is 0 Å². The molecule has 3 heterocycles. The number of hydrogen-bond acceptors (Lipinski definition) is 7. The molecule has 1 aliphatic rings. The Bertz CT molecular complexity index is 1330. The molecule has 0 aliphatic carbocycles. The van der Waals surface area contributed by atoms with Crippen molar-refractivity contribution in [2.45, 2.75) is 6.10 Å². The van der Waals surface area contributed by atoms with Crippen LogP contribution < -0.4 is 15.8 Å². The maximum Gasteiger partial charge on any atom is 0.264 e. The second-order valence-corrected chi connectivity index (χ2v) is 8.36. The molecule has 1 atom stereocenters. The van der Waals surface area contributed by atoms with E-state index >= 15 is 0 Å². The largest absolute Gasteiger partial charge is 0.387 e. The number of aliphatic hydroxyl groups is 1. The molecular formula is C26H27N5O3. The van der Waals surface area contributed by atoms with Crippen LogP contribution >= 0.6 is 0 Å². The lowest BCUT2D eigenvalue weighted by Gasteiger charge is -2.28. The molecule has 8 nitrogen and oxygen atoms in total. The topological polar surface area (TPSA) is 92.5 Å². The molecule has 2 N–H and O–H groups in total. The Morgan fingerprint density at radius 1 is 1.09 bits per heavy atom. The Morgan fingerprint density at radius 3 is 2.56 bits per heavy atom. The number of pyridine rings is 1. The van der Waals surface area contributed by atoms with E-state index in [9.17, 15) is 9.90 Å². The first-order valence-corrected chi connectivity index (χ1v) is 11.4. The second kappa shape index (κ2) is 9.62. The quantitative estimate of drug-likeness (QED) is 0.460. The van der Waals surface area contributed by atoms with Gasteiger partial charge in [-0.15, -0.1) is 0 Å². The van der Waals surface area contributed by atoms with Crippen LogP contribution in [0.4, 0.5) is 11.5 Å². The van der Waals surface area contributed by atoms with E-state index in [0.717, 1.165) is 43.1 Å². The lowest BCUT2D eigenvalue weighted by Crippen LogP contribution is -2.36. The highest BCUT2D eigenvalue weighted by Gasteiger charge is 2.16. The number of nitrogens with zero attached hydrogens (tertiary/aromatic N) is 4. The molecule has 8 heteroatoms. The fraction of sp³-hybridized carbons (Fsp3) is 0.269. The van der Waals surface area contributed by atoms with Gasteiger partial charge in [0.05, 0.1) is 36.9 Å². The van der Waals surface area contributed by atoms with Crippen LogP contribution in [0.3, 0.4) is 0 Å². The molecule has 4 aromatic rings. The molecule has 2 aromatic heterocycles. The van der Waals surface area contributed by atoms with Gasteiger partial charge < -0.3 is 24.6 Å². The molecule has 2 aromatic carbocycles. The summed E-state index contributed by atoms with van der Waals surface area (Å²) >= 11 is 0. The lowest BCUT2D eigenvalue weighted by atomic mass is 10.1. The van der Waals surface area contributed by atoms with Gasteiger partial charge in [-0.25, -0.2) is 9.97 Å². The number of morpholine rings is 1. The molecule has 1 fully saturated rings. The molecule has 0 bridgehead atoms. The molecular weight excluding hydrogens is 430 g/mol. The maximum absolute atomic E-state index is 12.9. The Labute approximate surface area is 197 Å². The fourth-order valence-electron chi connectivity index (χ4n) is 4.15. The first-order valence-electron chi connectivity index (χ1n) is 11.4. The van der Waals surface area contributed by atoms with E-state index in [1.165, 1.54) is 10.9 Å². The first-order chi connectivity index (χ1) is 16.6. The molecule has 0 unspecified atom stereocenters. The minimum absolute atomic E-state index is 0.191. The molecule has 0 amide bonds. The molecule has 0 saturated carbocycles. The third kappa shape index (κ3) is 4.50. The van der Waals surface area contributed by atoms with Crippen molar-refractivity contribution in [3.63, 3.8) is 0 Å². The molecule has 1 aliphatic heterocycles. The summed E-state index contributed by atoms with van der Waals surface area (Å²) in [5, 5.41) is 14.2. The average Bonchev–Trinajstić information content (AvgIpc) is 2.90. The number of nitrogens with one attached hydrogen (secondary N) is 1. The van der Waals surface area contributed by atoms with E-state index in [-0.39, 0.29) is 12.1 Å². The predicted octanol–water partition coefficient (Wildman–Crippen LogP) is 2.98. The number of aromatic nitrogens is 3. The van der Waals surface area contributed by atoms with Crippen LogP contribution in [0.15, 0.2) is 71.8 Å². The van der Waals surface area contributed by atoms with Crippen molar-refractivity contribution < 1.29 is 9.84 Å². The van der Waals surface area contributed by atoms with Gasteiger partial charge in [-0.05, 0) is 23.8 Å². The summed E-state index contributed by atoms with van der Waals surface area (Å²) in [6.07, 6.45) is 0.772. The van der Waals surface area contributed by atoms with Crippen LogP contribution in [0.1, 0.15) is 11.7 Å². The molecule has 174 valence electrons. The van der Waals surface area contributed by atoms with Gasteiger partial charge in [-0.2, -0.15) is 0 Å². The Kier molecular flexibility index (Phi) is 6.24. The average molecular weight is 458 g/mol. The zero-order valence-electron chi connectivity index (χ0n) is 19.0. The van der Waals surface area contributed by atoms with Crippen molar-refractivity contribution in [1.82, 2.24) is 14.5 Å². The van der Waals surface area contributed by atoms with Crippen molar-refractivity contribution in [2.75, 3.05) is 43.1 Å². The van der Waals surface area contributed by atoms with Crippen molar-refractivity contribution >= 4 is 22.4 Å². The van der Waals surface area contributed by atoms with Crippen molar-refractivity contribution in [2.24, 2.45) is 7.05 Å². The normalized spacial score (nSPS) is 14.8. The number of anilines is 2. The minimum atomic E-state index is -0.741. The summed E-state index contributed by atoms with van der Waals surface area (Å²) in [6, 6.07) is 19.5. The summed E-state index contributed by atoms with van der Waals surface area (Å²) in [6.45, 7) is 3.43. The maximum atomic E-state index is 12.9. The number of hydrogen-bond donors (Lipinski definition) is 2. The molecule has 0 radical (unpaired) electrons. The smallest absolute Gasteiger partial charge is 0.264 e. The van der Waals surface area contributed by atoms with E-state index in [1.54, 1.807) is 7.05 Å². The van der Waals surface area contributed by atoms with Gasteiger partial charge in [0.1, 0.15) is 11.2 Å². The summed E-state index contributed by atoms with van der Waals surface area (Å²) in [5.41, 5.74) is 3.93. The molecule has 5 rings (SSSR count). The van der Waals surface area contributed by atoms with Crippen LogP contribution in [0.25, 0.3) is 22.2 Å². The zero-order chi connectivity index (χ0) is 23.5. The third-order valence-corrected chi connectivity index (χ3v) is 6.09. The van der Waals surface area contributed by atoms with Gasteiger partial charge in [0.2, 0.25) is 0 Å². The number of aryl methyl sites for hydroxylation is 1. The van der Waals surface area contributed by atoms with Gasteiger partial charge >= 0.3 is 0 Å².